The van der Waals surface area contributed by atoms with Gasteiger partial charge < -0.3 is 15.8 Å². The summed E-state index contributed by atoms with van der Waals surface area (Å²) >= 11 is 5.98. The first-order chi connectivity index (χ1) is 16.1. The van der Waals surface area contributed by atoms with E-state index in [1.54, 1.807) is 55.5 Å². The SMILES string of the molecule is COc1ccc(C)cc1S(=O)(=O)N(CC(=O)Nc1ccc(CC(N)=O)cc1)c1ccc(Cl)cc1. The molecule has 0 unspecified atom stereocenters. The summed E-state index contributed by atoms with van der Waals surface area (Å²) in [5.41, 5.74) is 7.32. The van der Waals surface area contributed by atoms with Crippen molar-refractivity contribution in [1.29, 1.82) is 0 Å². The van der Waals surface area contributed by atoms with Crippen LogP contribution in [0.15, 0.2) is 71.6 Å². The van der Waals surface area contributed by atoms with Crippen molar-refractivity contribution in [3.63, 3.8) is 0 Å². The van der Waals surface area contributed by atoms with Gasteiger partial charge in [0.05, 0.1) is 19.2 Å². The first kappa shape index (κ1) is 25.1. The topological polar surface area (TPSA) is 119 Å². The van der Waals surface area contributed by atoms with E-state index in [4.69, 9.17) is 22.1 Å². The molecular formula is C24H24ClN3O5S. The average Bonchev–Trinajstić information content (AvgIpc) is 2.79. The van der Waals surface area contributed by atoms with Crippen molar-refractivity contribution in [3.05, 3.63) is 82.9 Å². The lowest BCUT2D eigenvalue weighted by Gasteiger charge is -2.25. The van der Waals surface area contributed by atoms with Crippen molar-refractivity contribution >= 4 is 44.8 Å². The van der Waals surface area contributed by atoms with Crippen LogP contribution in [-0.4, -0.2) is 33.9 Å². The lowest BCUT2D eigenvalue weighted by molar-refractivity contribution is -0.117. The summed E-state index contributed by atoms with van der Waals surface area (Å²) in [7, 11) is -2.81. The number of sulfonamides is 1. The van der Waals surface area contributed by atoms with Crippen molar-refractivity contribution in [2.75, 3.05) is 23.3 Å². The molecule has 3 aromatic carbocycles. The van der Waals surface area contributed by atoms with Gasteiger partial charge in [-0.2, -0.15) is 0 Å². The molecule has 0 saturated heterocycles. The number of carbonyl (C=O) groups excluding carboxylic acids is 2. The van der Waals surface area contributed by atoms with Gasteiger partial charge in [-0.05, 0) is 66.6 Å². The van der Waals surface area contributed by atoms with Gasteiger partial charge in [0.1, 0.15) is 17.2 Å². The number of amides is 2. The van der Waals surface area contributed by atoms with E-state index in [-0.39, 0.29) is 22.8 Å². The number of benzene rings is 3. The van der Waals surface area contributed by atoms with E-state index < -0.39 is 28.4 Å². The monoisotopic (exact) mass is 501 g/mol. The van der Waals surface area contributed by atoms with Crippen molar-refractivity contribution in [2.45, 2.75) is 18.2 Å². The van der Waals surface area contributed by atoms with Gasteiger partial charge in [0.15, 0.2) is 0 Å². The Kier molecular flexibility index (Phi) is 7.80. The number of carbonyl (C=O) groups is 2. The molecule has 3 N–H and O–H groups in total. The summed E-state index contributed by atoms with van der Waals surface area (Å²) in [6.07, 6.45) is 0.0785. The summed E-state index contributed by atoms with van der Waals surface area (Å²) in [4.78, 5) is 23.9. The van der Waals surface area contributed by atoms with Gasteiger partial charge in [0, 0.05) is 10.7 Å². The quantitative estimate of drug-likeness (QED) is 0.465. The van der Waals surface area contributed by atoms with Crippen LogP contribution in [0.25, 0.3) is 0 Å². The van der Waals surface area contributed by atoms with Gasteiger partial charge in [-0.1, -0.05) is 29.8 Å². The molecule has 0 atom stereocenters. The van der Waals surface area contributed by atoms with Gasteiger partial charge in [0.2, 0.25) is 11.8 Å². The van der Waals surface area contributed by atoms with Crippen molar-refractivity contribution in [1.82, 2.24) is 0 Å². The molecule has 3 aromatic rings. The summed E-state index contributed by atoms with van der Waals surface area (Å²) in [5.74, 6) is -0.866. The van der Waals surface area contributed by atoms with Crippen LogP contribution >= 0.6 is 11.6 Å². The normalized spacial score (nSPS) is 11.0. The Morgan fingerprint density at radius 1 is 1.03 bits per heavy atom. The van der Waals surface area contributed by atoms with E-state index in [0.29, 0.717) is 16.3 Å². The predicted molar refractivity (Wildman–Crippen MR) is 132 cm³/mol. The Hall–Kier alpha value is -3.56. The number of nitrogens with two attached hydrogens (primary N) is 1. The number of ether oxygens (including phenoxy) is 1. The van der Waals surface area contributed by atoms with Crippen LogP contribution in [0.1, 0.15) is 11.1 Å². The first-order valence-electron chi connectivity index (χ1n) is 10.2. The number of nitrogens with one attached hydrogen (secondary N) is 1. The van der Waals surface area contributed by atoms with E-state index in [1.165, 1.54) is 25.3 Å². The van der Waals surface area contributed by atoms with E-state index in [9.17, 15) is 18.0 Å². The maximum Gasteiger partial charge on any atom is 0.268 e. The highest BCUT2D eigenvalue weighted by atomic mass is 35.5. The van der Waals surface area contributed by atoms with Crippen molar-refractivity contribution in [3.8, 4) is 5.75 Å². The summed E-state index contributed by atoms with van der Waals surface area (Å²) in [6, 6.07) is 17.5. The molecule has 3 rings (SSSR count). The van der Waals surface area contributed by atoms with E-state index in [1.807, 2.05) is 0 Å². The maximum atomic E-state index is 13.7. The number of halogens is 1. The third kappa shape index (κ3) is 6.06. The molecule has 0 fully saturated rings. The Bertz CT molecular complexity index is 1290. The number of aryl methyl sites for hydroxylation is 1. The Morgan fingerprint density at radius 3 is 2.26 bits per heavy atom. The van der Waals surface area contributed by atoms with Crippen LogP contribution in [0.2, 0.25) is 5.02 Å². The number of methoxy groups -OCH3 is 1. The average molecular weight is 502 g/mol. The predicted octanol–water partition coefficient (Wildman–Crippen LogP) is 3.52. The second kappa shape index (κ2) is 10.6. The third-order valence-corrected chi connectivity index (χ3v) is 6.95. The fourth-order valence-corrected chi connectivity index (χ4v) is 5.06. The molecule has 178 valence electrons. The lowest BCUT2D eigenvalue weighted by Crippen LogP contribution is -2.38. The highest BCUT2D eigenvalue weighted by Crippen LogP contribution is 2.31. The van der Waals surface area contributed by atoms with E-state index in [0.717, 1.165) is 9.87 Å². The molecule has 2 amide bonds. The van der Waals surface area contributed by atoms with Gasteiger partial charge in [-0.25, -0.2) is 8.42 Å². The van der Waals surface area contributed by atoms with E-state index in [2.05, 4.69) is 5.32 Å². The van der Waals surface area contributed by atoms with Crippen LogP contribution in [0.4, 0.5) is 11.4 Å². The minimum Gasteiger partial charge on any atom is -0.495 e. The molecule has 0 aliphatic carbocycles. The van der Waals surface area contributed by atoms with Crippen LogP contribution in [0.5, 0.6) is 5.75 Å². The first-order valence-corrected chi connectivity index (χ1v) is 12.0. The molecule has 10 heteroatoms. The summed E-state index contributed by atoms with van der Waals surface area (Å²) in [6.45, 7) is 1.27. The van der Waals surface area contributed by atoms with E-state index >= 15 is 0 Å². The highest BCUT2D eigenvalue weighted by Gasteiger charge is 2.30. The Balaban J connectivity index is 1.93. The molecule has 34 heavy (non-hydrogen) atoms. The molecule has 0 aliphatic heterocycles. The van der Waals surface area contributed by atoms with Gasteiger partial charge in [0.25, 0.3) is 10.0 Å². The maximum absolute atomic E-state index is 13.7. The van der Waals surface area contributed by atoms with Crippen molar-refractivity contribution < 1.29 is 22.7 Å². The zero-order valence-electron chi connectivity index (χ0n) is 18.6. The number of hydrogen-bond donors (Lipinski definition) is 2. The Morgan fingerprint density at radius 2 is 1.68 bits per heavy atom. The minimum atomic E-state index is -4.19. The number of nitrogens with zero attached hydrogens (tertiary/aromatic N) is 1. The van der Waals surface area contributed by atoms with Gasteiger partial charge in [-0.15, -0.1) is 0 Å². The number of anilines is 2. The zero-order valence-corrected chi connectivity index (χ0v) is 20.2. The van der Waals surface area contributed by atoms with Gasteiger partial charge >= 0.3 is 0 Å². The van der Waals surface area contributed by atoms with Crippen LogP contribution in [0.3, 0.4) is 0 Å². The molecule has 8 nitrogen and oxygen atoms in total. The largest absolute Gasteiger partial charge is 0.495 e. The number of hydrogen-bond acceptors (Lipinski definition) is 5. The molecule has 0 aliphatic rings. The molecule has 0 heterocycles. The zero-order chi connectivity index (χ0) is 24.9. The fraction of sp³-hybridized carbons (Fsp3) is 0.167. The van der Waals surface area contributed by atoms with Crippen LogP contribution in [0, 0.1) is 6.92 Å². The third-order valence-electron chi connectivity index (χ3n) is 4.91. The number of primary amides is 1. The molecule has 0 aromatic heterocycles. The number of rotatable bonds is 9. The summed E-state index contributed by atoms with van der Waals surface area (Å²) in [5, 5.41) is 3.10. The smallest absolute Gasteiger partial charge is 0.268 e. The Labute approximate surface area is 203 Å². The molecule has 0 radical (unpaired) electrons. The minimum absolute atomic E-state index is 0.0615. The summed E-state index contributed by atoms with van der Waals surface area (Å²) < 4.78 is 33.6. The second-order valence-electron chi connectivity index (χ2n) is 7.53. The standard InChI is InChI=1S/C24H24ClN3O5S/c1-16-3-12-21(33-2)22(13-16)34(31,32)28(20-10-6-18(25)7-11-20)15-24(30)27-19-8-4-17(5-9-19)14-23(26)29/h3-13H,14-15H2,1-2H3,(H2,26,29)(H,27,30). The molecule has 0 bridgehead atoms. The molecule has 0 saturated carbocycles. The van der Waals surface area contributed by atoms with Crippen LogP contribution < -0.4 is 20.1 Å². The second-order valence-corrected chi connectivity index (χ2v) is 9.80. The van der Waals surface area contributed by atoms with Gasteiger partial charge in [-0.3, -0.25) is 13.9 Å². The fourth-order valence-electron chi connectivity index (χ4n) is 3.26. The lowest BCUT2D eigenvalue weighted by atomic mass is 10.1. The highest BCUT2D eigenvalue weighted by molar-refractivity contribution is 7.93. The van der Waals surface area contributed by atoms with Crippen LogP contribution in [-0.2, 0) is 26.0 Å². The van der Waals surface area contributed by atoms with Crippen molar-refractivity contribution in [2.24, 2.45) is 5.73 Å². The molecule has 0 spiro atoms. The molecular weight excluding hydrogens is 478 g/mol.